The predicted octanol–water partition coefficient (Wildman–Crippen LogP) is 3.34. The fraction of sp³-hybridized carbons (Fsp3) is 0.444. The lowest BCUT2D eigenvalue weighted by Crippen LogP contribution is -2.13. The average molecular weight is 285 g/mol. The summed E-state index contributed by atoms with van der Waals surface area (Å²) in [5, 5.41) is 10.2. The van der Waals surface area contributed by atoms with E-state index in [1.54, 1.807) is 7.11 Å². The Morgan fingerprint density at radius 1 is 1.33 bits per heavy atom. The van der Waals surface area contributed by atoms with E-state index < -0.39 is 0 Å². The standard InChI is InChI=1S/C18H23NO2/c1-13-12-15-17(8-5-9-18(15)20)19(13)16-7-4-3-6-14(16)10-11-21-2/h3-4,6-7,12,18,20H,5,8-11H2,1-2H3. The third-order valence-corrected chi connectivity index (χ3v) is 4.38. The highest BCUT2D eigenvalue weighted by Gasteiger charge is 2.24. The van der Waals surface area contributed by atoms with Crippen molar-refractivity contribution in [1.29, 1.82) is 0 Å². The van der Waals surface area contributed by atoms with E-state index in [2.05, 4.69) is 41.8 Å². The molecule has 1 atom stereocenters. The van der Waals surface area contributed by atoms with Crippen molar-refractivity contribution >= 4 is 0 Å². The van der Waals surface area contributed by atoms with Gasteiger partial charge in [0, 0.05) is 29.7 Å². The summed E-state index contributed by atoms with van der Waals surface area (Å²) < 4.78 is 7.55. The SMILES string of the molecule is COCCc1ccccc1-n1c(C)cc2c1CCCC2O. The van der Waals surface area contributed by atoms with E-state index in [-0.39, 0.29) is 6.10 Å². The van der Waals surface area contributed by atoms with Crippen molar-refractivity contribution in [2.45, 2.75) is 38.7 Å². The van der Waals surface area contributed by atoms with Crippen LogP contribution in [0.3, 0.4) is 0 Å². The van der Waals surface area contributed by atoms with E-state index in [1.807, 2.05) is 0 Å². The van der Waals surface area contributed by atoms with E-state index in [1.165, 1.54) is 22.6 Å². The van der Waals surface area contributed by atoms with Crippen molar-refractivity contribution in [3.8, 4) is 5.69 Å². The van der Waals surface area contributed by atoms with Gasteiger partial charge in [-0.3, -0.25) is 0 Å². The summed E-state index contributed by atoms with van der Waals surface area (Å²) in [6, 6.07) is 10.6. The van der Waals surface area contributed by atoms with E-state index in [0.717, 1.165) is 37.9 Å². The summed E-state index contributed by atoms with van der Waals surface area (Å²) in [6.07, 6.45) is 3.57. The third-order valence-electron chi connectivity index (χ3n) is 4.38. The molecule has 1 unspecified atom stereocenters. The minimum Gasteiger partial charge on any atom is -0.388 e. The maximum absolute atomic E-state index is 10.2. The maximum Gasteiger partial charge on any atom is 0.0807 e. The van der Waals surface area contributed by atoms with Gasteiger partial charge in [0.05, 0.1) is 12.7 Å². The van der Waals surface area contributed by atoms with E-state index in [0.29, 0.717) is 0 Å². The van der Waals surface area contributed by atoms with Crippen LogP contribution >= 0.6 is 0 Å². The summed E-state index contributed by atoms with van der Waals surface area (Å²) in [7, 11) is 1.74. The molecule has 1 heterocycles. The van der Waals surface area contributed by atoms with Gasteiger partial charge in [0.15, 0.2) is 0 Å². The van der Waals surface area contributed by atoms with Crippen LogP contribution in [-0.2, 0) is 17.6 Å². The first-order valence-electron chi connectivity index (χ1n) is 7.68. The number of hydrogen-bond donors (Lipinski definition) is 1. The Morgan fingerprint density at radius 2 is 2.14 bits per heavy atom. The molecule has 1 aliphatic rings. The van der Waals surface area contributed by atoms with Crippen molar-refractivity contribution in [1.82, 2.24) is 4.57 Å². The first-order chi connectivity index (χ1) is 10.2. The van der Waals surface area contributed by atoms with Gasteiger partial charge < -0.3 is 14.4 Å². The van der Waals surface area contributed by atoms with Gasteiger partial charge >= 0.3 is 0 Å². The Balaban J connectivity index is 2.09. The first kappa shape index (κ1) is 14.4. The number of para-hydroxylation sites is 1. The van der Waals surface area contributed by atoms with Crippen LogP contribution in [0.25, 0.3) is 5.69 Å². The first-order valence-corrected chi connectivity index (χ1v) is 7.68. The van der Waals surface area contributed by atoms with Crippen molar-refractivity contribution in [3.05, 3.63) is 52.8 Å². The number of aliphatic hydroxyl groups excluding tert-OH is 1. The predicted molar refractivity (Wildman–Crippen MR) is 84.0 cm³/mol. The number of fused-ring (bicyclic) bond motifs is 1. The van der Waals surface area contributed by atoms with Crippen molar-refractivity contribution in [3.63, 3.8) is 0 Å². The summed E-state index contributed by atoms with van der Waals surface area (Å²) in [5.41, 5.74) is 6.10. The van der Waals surface area contributed by atoms with Crippen LogP contribution in [0, 0.1) is 6.92 Å². The van der Waals surface area contributed by atoms with Gasteiger partial charge in [0.25, 0.3) is 0 Å². The molecule has 0 radical (unpaired) electrons. The number of rotatable bonds is 4. The van der Waals surface area contributed by atoms with E-state index in [9.17, 15) is 5.11 Å². The molecule has 0 bridgehead atoms. The van der Waals surface area contributed by atoms with Gasteiger partial charge in [-0.1, -0.05) is 18.2 Å². The van der Waals surface area contributed by atoms with Gasteiger partial charge in [-0.05, 0) is 50.3 Å². The molecule has 3 rings (SSSR count). The largest absolute Gasteiger partial charge is 0.388 e. The van der Waals surface area contributed by atoms with Crippen molar-refractivity contribution in [2.24, 2.45) is 0 Å². The molecule has 0 aliphatic heterocycles. The van der Waals surface area contributed by atoms with E-state index in [4.69, 9.17) is 4.74 Å². The average Bonchev–Trinajstić information content (AvgIpc) is 2.83. The zero-order valence-corrected chi connectivity index (χ0v) is 12.8. The number of ether oxygens (including phenoxy) is 1. The summed E-state index contributed by atoms with van der Waals surface area (Å²) >= 11 is 0. The molecule has 0 spiro atoms. The lowest BCUT2D eigenvalue weighted by Gasteiger charge is -2.22. The van der Waals surface area contributed by atoms with Gasteiger partial charge in [-0.2, -0.15) is 0 Å². The number of methoxy groups -OCH3 is 1. The molecule has 0 saturated carbocycles. The maximum atomic E-state index is 10.2. The van der Waals surface area contributed by atoms with Crippen LogP contribution in [0.15, 0.2) is 30.3 Å². The van der Waals surface area contributed by atoms with Crippen LogP contribution < -0.4 is 0 Å². The summed E-state index contributed by atoms with van der Waals surface area (Å²) in [4.78, 5) is 0. The molecule has 1 aromatic heterocycles. The number of aliphatic hydroxyl groups is 1. The zero-order valence-electron chi connectivity index (χ0n) is 12.8. The fourth-order valence-electron chi connectivity index (χ4n) is 3.37. The van der Waals surface area contributed by atoms with Crippen LogP contribution in [0.2, 0.25) is 0 Å². The molecule has 3 nitrogen and oxygen atoms in total. The smallest absolute Gasteiger partial charge is 0.0807 e. The molecule has 1 aromatic carbocycles. The second-order valence-corrected chi connectivity index (χ2v) is 5.80. The molecule has 2 aromatic rings. The highest BCUT2D eigenvalue weighted by atomic mass is 16.5. The molecule has 0 amide bonds. The van der Waals surface area contributed by atoms with Gasteiger partial charge in [-0.15, -0.1) is 0 Å². The van der Waals surface area contributed by atoms with Gasteiger partial charge in [0.1, 0.15) is 0 Å². The van der Waals surface area contributed by atoms with Crippen molar-refractivity contribution < 1.29 is 9.84 Å². The molecule has 1 N–H and O–H groups in total. The van der Waals surface area contributed by atoms with Crippen molar-refractivity contribution in [2.75, 3.05) is 13.7 Å². The Labute approximate surface area is 126 Å². The zero-order chi connectivity index (χ0) is 14.8. The molecule has 3 heteroatoms. The molecule has 21 heavy (non-hydrogen) atoms. The Bertz CT molecular complexity index is 630. The molecular weight excluding hydrogens is 262 g/mol. The molecule has 112 valence electrons. The van der Waals surface area contributed by atoms with Crippen LogP contribution in [0.4, 0.5) is 0 Å². The molecule has 1 aliphatic carbocycles. The third kappa shape index (κ3) is 2.63. The van der Waals surface area contributed by atoms with Gasteiger partial charge in [0.2, 0.25) is 0 Å². The summed E-state index contributed by atoms with van der Waals surface area (Å²) in [6.45, 7) is 2.85. The number of hydrogen-bond acceptors (Lipinski definition) is 2. The summed E-state index contributed by atoms with van der Waals surface area (Å²) in [5.74, 6) is 0. The number of nitrogens with zero attached hydrogens (tertiary/aromatic N) is 1. The lowest BCUT2D eigenvalue weighted by molar-refractivity contribution is 0.156. The number of aromatic nitrogens is 1. The molecule has 0 fully saturated rings. The number of benzene rings is 1. The van der Waals surface area contributed by atoms with Crippen LogP contribution in [-0.4, -0.2) is 23.4 Å². The minimum atomic E-state index is -0.306. The quantitative estimate of drug-likeness (QED) is 0.935. The van der Waals surface area contributed by atoms with Crippen LogP contribution in [0.5, 0.6) is 0 Å². The molecular formula is C18H23NO2. The van der Waals surface area contributed by atoms with Crippen LogP contribution in [0.1, 0.15) is 41.5 Å². The number of aryl methyl sites for hydroxylation is 1. The highest BCUT2D eigenvalue weighted by molar-refractivity contribution is 5.48. The second kappa shape index (κ2) is 6.04. The monoisotopic (exact) mass is 285 g/mol. The molecule has 0 saturated heterocycles. The fourth-order valence-corrected chi connectivity index (χ4v) is 3.37. The Hall–Kier alpha value is -1.58. The minimum absolute atomic E-state index is 0.306. The highest BCUT2D eigenvalue weighted by Crippen LogP contribution is 2.34. The second-order valence-electron chi connectivity index (χ2n) is 5.80. The lowest BCUT2D eigenvalue weighted by atomic mass is 9.95. The van der Waals surface area contributed by atoms with Gasteiger partial charge in [-0.25, -0.2) is 0 Å². The normalized spacial score (nSPS) is 17.8. The Morgan fingerprint density at radius 3 is 2.95 bits per heavy atom. The van der Waals surface area contributed by atoms with E-state index >= 15 is 0 Å². The Kier molecular flexibility index (Phi) is 4.13. The topological polar surface area (TPSA) is 34.4 Å².